The second-order valence-corrected chi connectivity index (χ2v) is 5.98. The maximum absolute atomic E-state index is 12.3. The number of carbonyl (C=O) groups is 2. The molecule has 4 nitrogen and oxygen atoms in total. The van der Waals surface area contributed by atoms with Gasteiger partial charge in [-0.3, -0.25) is 9.59 Å². The lowest BCUT2D eigenvalue weighted by Crippen LogP contribution is -2.27. The van der Waals surface area contributed by atoms with Crippen molar-refractivity contribution in [3.63, 3.8) is 0 Å². The van der Waals surface area contributed by atoms with E-state index in [4.69, 9.17) is 4.74 Å². The van der Waals surface area contributed by atoms with Crippen LogP contribution in [0.15, 0.2) is 48.5 Å². The van der Waals surface area contributed by atoms with Crippen LogP contribution in [0.1, 0.15) is 17.5 Å². The zero-order valence-corrected chi connectivity index (χ0v) is 13.3. The summed E-state index contributed by atoms with van der Waals surface area (Å²) in [4.78, 5) is 26.1. The molecule has 4 heteroatoms. The third-order valence-corrected chi connectivity index (χ3v) is 4.04. The van der Waals surface area contributed by atoms with Gasteiger partial charge < -0.3 is 9.64 Å². The fourth-order valence-electron chi connectivity index (χ4n) is 2.65. The number of nitrogens with zero attached hydrogens (tertiary/aromatic N) is 1. The molecule has 1 aliphatic rings. The summed E-state index contributed by atoms with van der Waals surface area (Å²) in [5.74, 6) is -0.302. The zero-order valence-electron chi connectivity index (χ0n) is 13.3. The van der Waals surface area contributed by atoms with Crippen LogP contribution in [0, 0.1) is 19.8 Å². The van der Waals surface area contributed by atoms with Crippen LogP contribution in [0.3, 0.4) is 0 Å². The number of amides is 1. The molecule has 3 rings (SSSR count). The SMILES string of the molecule is Cc1ccc(OC(=O)[C@@H]2CC(=O)N(c3ccc(C)cc3)C2)cc1. The van der Waals surface area contributed by atoms with Crippen LogP contribution in [-0.4, -0.2) is 18.4 Å². The fraction of sp³-hybridized carbons (Fsp3) is 0.263. The van der Waals surface area contributed by atoms with Gasteiger partial charge in [0.1, 0.15) is 5.75 Å². The molecular weight excluding hydrogens is 290 g/mol. The predicted molar refractivity (Wildman–Crippen MR) is 88.5 cm³/mol. The molecule has 0 aliphatic carbocycles. The Kier molecular flexibility index (Phi) is 4.15. The Bertz CT molecular complexity index is 719. The number of rotatable bonds is 3. The molecule has 1 amide bonds. The van der Waals surface area contributed by atoms with Crippen LogP contribution in [0.4, 0.5) is 5.69 Å². The monoisotopic (exact) mass is 309 g/mol. The lowest BCUT2D eigenvalue weighted by Gasteiger charge is -2.16. The first-order valence-corrected chi connectivity index (χ1v) is 7.68. The highest BCUT2D eigenvalue weighted by molar-refractivity contribution is 5.99. The number of aryl methyl sites for hydroxylation is 2. The van der Waals surface area contributed by atoms with Crippen molar-refractivity contribution < 1.29 is 14.3 Å². The fourth-order valence-corrected chi connectivity index (χ4v) is 2.65. The molecule has 0 radical (unpaired) electrons. The average molecular weight is 309 g/mol. The molecule has 0 unspecified atom stereocenters. The lowest BCUT2D eigenvalue weighted by atomic mass is 10.1. The van der Waals surface area contributed by atoms with Crippen molar-refractivity contribution >= 4 is 17.6 Å². The Hall–Kier alpha value is -2.62. The van der Waals surface area contributed by atoms with Crippen LogP contribution >= 0.6 is 0 Å². The third-order valence-electron chi connectivity index (χ3n) is 4.04. The van der Waals surface area contributed by atoms with Gasteiger partial charge in [-0.25, -0.2) is 0 Å². The van der Waals surface area contributed by atoms with Crippen LogP contribution in [0.25, 0.3) is 0 Å². The highest BCUT2D eigenvalue weighted by atomic mass is 16.5. The van der Waals surface area contributed by atoms with Gasteiger partial charge in [-0.2, -0.15) is 0 Å². The van der Waals surface area contributed by atoms with Crippen LogP contribution in [0.2, 0.25) is 0 Å². The van der Waals surface area contributed by atoms with E-state index in [1.807, 2.05) is 50.2 Å². The normalized spacial score (nSPS) is 17.4. The van der Waals surface area contributed by atoms with E-state index in [2.05, 4.69) is 0 Å². The van der Waals surface area contributed by atoms with Crippen molar-refractivity contribution in [2.45, 2.75) is 20.3 Å². The molecule has 1 saturated heterocycles. The molecule has 0 aromatic heterocycles. The molecule has 2 aromatic carbocycles. The van der Waals surface area contributed by atoms with Gasteiger partial charge in [0.2, 0.25) is 5.91 Å². The van der Waals surface area contributed by atoms with Crippen molar-refractivity contribution in [3.05, 3.63) is 59.7 Å². The molecule has 0 saturated carbocycles. The second-order valence-electron chi connectivity index (χ2n) is 5.98. The van der Waals surface area contributed by atoms with Crippen molar-refractivity contribution in [3.8, 4) is 5.75 Å². The number of benzene rings is 2. The number of hydrogen-bond donors (Lipinski definition) is 0. The first kappa shape index (κ1) is 15.3. The largest absolute Gasteiger partial charge is 0.426 e. The predicted octanol–water partition coefficient (Wildman–Crippen LogP) is 3.26. The minimum Gasteiger partial charge on any atom is -0.426 e. The molecule has 1 atom stereocenters. The van der Waals surface area contributed by atoms with Crippen molar-refractivity contribution in [2.75, 3.05) is 11.4 Å². The number of anilines is 1. The van der Waals surface area contributed by atoms with E-state index in [1.165, 1.54) is 0 Å². The molecule has 1 aliphatic heterocycles. The Balaban J connectivity index is 1.68. The first-order valence-electron chi connectivity index (χ1n) is 7.68. The zero-order chi connectivity index (χ0) is 16.4. The van der Waals surface area contributed by atoms with Crippen molar-refractivity contribution in [1.82, 2.24) is 0 Å². The number of ether oxygens (including phenoxy) is 1. The highest BCUT2D eigenvalue weighted by Crippen LogP contribution is 2.26. The van der Waals surface area contributed by atoms with Gasteiger partial charge in [-0.05, 0) is 38.1 Å². The Morgan fingerprint density at radius 3 is 2.17 bits per heavy atom. The summed E-state index contributed by atoms with van der Waals surface area (Å²) in [5.41, 5.74) is 3.06. The molecular formula is C19H19NO3. The van der Waals surface area contributed by atoms with Crippen LogP contribution < -0.4 is 9.64 Å². The van der Waals surface area contributed by atoms with E-state index in [9.17, 15) is 9.59 Å². The van der Waals surface area contributed by atoms with E-state index in [-0.39, 0.29) is 18.3 Å². The summed E-state index contributed by atoms with van der Waals surface area (Å²) >= 11 is 0. The minimum atomic E-state index is -0.426. The minimum absolute atomic E-state index is 0.0419. The quantitative estimate of drug-likeness (QED) is 0.646. The van der Waals surface area contributed by atoms with E-state index in [0.29, 0.717) is 12.3 Å². The number of hydrogen-bond acceptors (Lipinski definition) is 3. The van der Waals surface area contributed by atoms with Gasteiger partial charge in [-0.1, -0.05) is 35.4 Å². The van der Waals surface area contributed by atoms with Crippen LogP contribution in [0.5, 0.6) is 5.75 Å². The summed E-state index contributed by atoms with van der Waals surface area (Å²) in [6.07, 6.45) is 0.193. The van der Waals surface area contributed by atoms with Crippen LogP contribution in [-0.2, 0) is 9.59 Å². The second kappa shape index (κ2) is 6.24. The summed E-state index contributed by atoms with van der Waals surface area (Å²) in [5, 5.41) is 0. The molecule has 2 aromatic rings. The average Bonchev–Trinajstić information content (AvgIpc) is 2.92. The number of carbonyl (C=O) groups excluding carboxylic acids is 2. The summed E-state index contributed by atoms with van der Waals surface area (Å²) in [7, 11) is 0. The van der Waals surface area contributed by atoms with Crippen molar-refractivity contribution in [1.29, 1.82) is 0 Å². The van der Waals surface area contributed by atoms with Gasteiger partial charge in [0.25, 0.3) is 0 Å². The smallest absolute Gasteiger partial charge is 0.316 e. The molecule has 0 N–H and O–H groups in total. The Morgan fingerprint density at radius 1 is 1.00 bits per heavy atom. The summed E-state index contributed by atoms with van der Waals surface area (Å²) in [6.45, 7) is 4.34. The lowest BCUT2D eigenvalue weighted by molar-refractivity contribution is -0.139. The maximum atomic E-state index is 12.3. The van der Waals surface area contributed by atoms with E-state index in [0.717, 1.165) is 16.8 Å². The van der Waals surface area contributed by atoms with E-state index in [1.54, 1.807) is 17.0 Å². The highest BCUT2D eigenvalue weighted by Gasteiger charge is 2.36. The van der Waals surface area contributed by atoms with Gasteiger partial charge >= 0.3 is 5.97 Å². The molecule has 0 spiro atoms. The molecule has 23 heavy (non-hydrogen) atoms. The summed E-state index contributed by atoms with van der Waals surface area (Å²) in [6, 6.07) is 15.0. The van der Waals surface area contributed by atoms with Gasteiger partial charge in [0, 0.05) is 18.7 Å². The Morgan fingerprint density at radius 2 is 1.57 bits per heavy atom. The summed E-state index contributed by atoms with van der Waals surface area (Å²) < 4.78 is 5.39. The van der Waals surface area contributed by atoms with Crippen molar-refractivity contribution in [2.24, 2.45) is 5.92 Å². The molecule has 1 heterocycles. The van der Waals surface area contributed by atoms with Gasteiger partial charge in [0.05, 0.1) is 5.92 Å². The molecule has 1 fully saturated rings. The third kappa shape index (κ3) is 3.42. The number of esters is 1. The van der Waals surface area contributed by atoms with E-state index < -0.39 is 5.92 Å². The standard InChI is InChI=1S/C19H19NO3/c1-13-3-7-16(8-4-13)20-12-15(11-18(20)21)19(22)23-17-9-5-14(2)6-10-17/h3-10,15H,11-12H2,1-2H3/t15-/m1/s1. The van der Waals surface area contributed by atoms with E-state index >= 15 is 0 Å². The Labute approximate surface area is 135 Å². The van der Waals surface area contributed by atoms with Gasteiger partial charge in [0.15, 0.2) is 0 Å². The van der Waals surface area contributed by atoms with Gasteiger partial charge in [-0.15, -0.1) is 0 Å². The topological polar surface area (TPSA) is 46.6 Å². The molecule has 118 valence electrons. The first-order chi connectivity index (χ1) is 11.0. The maximum Gasteiger partial charge on any atom is 0.316 e. The molecule has 0 bridgehead atoms.